The number of nitrogens with zero attached hydrogens (tertiary/aromatic N) is 2. The molecule has 1 aliphatic heterocycles. The first-order valence-electron chi connectivity index (χ1n) is 7.18. The number of fused-ring (bicyclic) bond motifs is 1. The number of benzene rings is 1. The van der Waals surface area contributed by atoms with Crippen LogP contribution in [-0.4, -0.2) is 29.2 Å². The summed E-state index contributed by atoms with van der Waals surface area (Å²) in [6.07, 6.45) is -6.22. The molecule has 24 heavy (non-hydrogen) atoms. The van der Waals surface area contributed by atoms with Crippen LogP contribution in [0.5, 0.6) is 0 Å². The van der Waals surface area contributed by atoms with Gasteiger partial charge < -0.3 is 9.94 Å². The minimum atomic E-state index is -4.93. The zero-order chi connectivity index (χ0) is 18.2. The van der Waals surface area contributed by atoms with E-state index in [2.05, 4.69) is 5.16 Å². The van der Waals surface area contributed by atoms with Crippen molar-refractivity contribution in [1.29, 1.82) is 0 Å². The maximum absolute atomic E-state index is 13.8. The van der Waals surface area contributed by atoms with Crippen LogP contribution in [0, 0.1) is 5.82 Å². The number of amides is 1. The van der Waals surface area contributed by atoms with Crippen LogP contribution in [0.3, 0.4) is 0 Å². The molecule has 1 aliphatic rings. The number of carbonyl (C=O) groups excluding carboxylic acids is 1. The van der Waals surface area contributed by atoms with E-state index in [0.717, 1.165) is 4.90 Å². The van der Waals surface area contributed by atoms with Gasteiger partial charge in [-0.25, -0.2) is 9.18 Å². The second kappa shape index (κ2) is 6.29. The second-order valence-corrected chi connectivity index (χ2v) is 5.75. The van der Waals surface area contributed by atoms with Crippen molar-refractivity contribution in [2.24, 2.45) is 5.16 Å². The van der Waals surface area contributed by atoms with E-state index < -0.39 is 35.8 Å². The Hall–Kier alpha value is -2.32. The zero-order valence-electron chi connectivity index (χ0n) is 13.2. The van der Waals surface area contributed by atoms with E-state index in [1.54, 1.807) is 20.8 Å². The Labute approximate surface area is 135 Å². The summed E-state index contributed by atoms with van der Waals surface area (Å²) < 4.78 is 57.8. The smallest absolute Gasteiger partial charge is 0.419 e. The summed E-state index contributed by atoms with van der Waals surface area (Å²) in [5.41, 5.74) is -1.79. The Morgan fingerprint density at radius 2 is 2.04 bits per heavy atom. The highest BCUT2D eigenvalue weighted by atomic mass is 19.4. The van der Waals surface area contributed by atoms with Gasteiger partial charge in [0.15, 0.2) is 0 Å². The first kappa shape index (κ1) is 18.0. The van der Waals surface area contributed by atoms with Crippen molar-refractivity contribution in [3.8, 4) is 0 Å². The fourth-order valence-corrected chi connectivity index (χ4v) is 2.56. The summed E-state index contributed by atoms with van der Waals surface area (Å²) in [5, 5.41) is 12.1. The molecule has 5 nitrogen and oxygen atoms in total. The van der Waals surface area contributed by atoms with Crippen LogP contribution in [0.15, 0.2) is 17.3 Å². The molecule has 1 N–H and O–H groups in total. The molecule has 2 rings (SSSR count). The highest BCUT2D eigenvalue weighted by Crippen LogP contribution is 2.39. The Morgan fingerprint density at radius 3 is 2.54 bits per heavy atom. The Bertz CT molecular complexity index is 686. The second-order valence-electron chi connectivity index (χ2n) is 5.75. The predicted molar refractivity (Wildman–Crippen MR) is 77.9 cm³/mol. The first-order chi connectivity index (χ1) is 11.1. The Kier molecular flexibility index (Phi) is 4.73. The zero-order valence-corrected chi connectivity index (χ0v) is 13.2. The predicted octanol–water partition coefficient (Wildman–Crippen LogP) is 4.17. The van der Waals surface area contributed by atoms with Crippen molar-refractivity contribution in [2.45, 2.75) is 45.5 Å². The van der Waals surface area contributed by atoms with Gasteiger partial charge >= 0.3 is 12.3 Å². The van der Waals surface area contributed by atoms with Gasteiger partial charge in [0.1, 0.15) is 5.82 Å². The molecule has 0 aliphatic carbocycles. The van der Waals surface area contributed by atoms with Crippen molar-refractivity contribution >= 4 is 17.5 Å². The largest absolute Gasteiger partial charge is 0.446 e. The van der Waals surface area contributed by atoms with Crippen molar-refractivity contribution in [3.05, 3.63) is 29.1 Å². The molecule has 0 saturated carbocycles. The molecule has 132 valence electrons. The average molecular weight is 348 g/mol. The van der Waals surface area contributed by atoms with Crippen molar-refractivity contribution in [2.75, 3.05) is 4.90 Å². The number of rotatable bonds is 1. The Morgan fingerprint density at radius 1 is 1.42 bits per heavy atom. The van der Waals surface area contributed by atoms with E-state index in [9.17, 15) is 22.4 Å². The third kappa shape index (κ3) is 3.29. The summed E-state index contributed by atoms with van der Waals surface area (Å²) in [5.74, 6) is -1.51. The number of alkyl halides is 3. The molecule has 0 bridgehead atoms. The number of hydrogen-bond acceptors (Lipinski definition) is 4. The molecule has 1 aromatic carbocycles. The molecule has 1 unspecified atom stereocenters. The lowest BCUT2D eigenvalue weighted by Crippen LogP contribution is -2.45. The number of ether oxygens (including phenoxy) is 1. The maximum atomic E-state index is 13.8. The van der Waals surface area contributed by atoms with Crippen LogP contribution in [0.4, 0.5) is 28.0 Å². The topological polar surface area (TPSA) is 62.1 Å². The molecule has 0 aromatic heterocycles. The van der Waals surface area contributed by atoms with Crippen LogP contribution in [0.2, 0.25) is 0 Å². The van der Waals surface area contributed by atoms with Gasteiger partial charge in [0.25, 0.3) is 0 Å². The van der Waals surface area contributed by atoms with Crippen LogP contribution in [0.1, 0.15) is 38.3 Å². The summed E-state index contributed by atoms with van der Waals surface area (Å²) in [4.78, 5) is 13.3. The van der Waals surface area contributed by atoms with E-state index in [0.29, 0.717) is 12.1 Å². The maximum Gasteiger partial charge on any atom is 0.419 e. The van der Waals surface area contributed by atoms with Crippen molar-refractivity contribution < 1.29 is 32.3 Å². The van der Waals surface area contributed by atoms with Gasteiger partial charge in [-0.3, -0.25) is 4.90 Å². The van der Waals surface area contributed by atoms with E-state index in [-0.39, 0.29) is 23.4 Å². The summed E-state index contributed by atoms with van der Waals surface area (Å²) >= 11 is 0. The van der Waals surface area contributed by atoms with Gasteiger partial charge in [-0.05, 0) is 32.9 Å². The Balaban J connectivity index is 2.65. The molecule has 1 aromatic rings. The highest BCUT2D eigenvalue weighted by molar-refractivity contribution is 6.10. The fourth-order valence-electron chi connectivity index (χ4n) is 2.56. The summed E-state index contributed by atoms with van der Waals surface area (Å²) in [6.45, 7) is 4.76. The number of hydrogen-bond donors (Lipinski definition) is 1. The van der Waals surface area contributed by atoms with Crippen molar-refractivity contribution in [1.82, 2.24) is 0 Å². The summed E-state index contributed by atoms with van der Waals surface area (Å²) in [6, 6.07) is 0.531. The van der Waals surface area contributed by atoms with Crippen LogP contribution in [-0.2, 0) is 10.9 Å². The quantitative estimate of drug-likeness (QED) is 0.471. The minimum Gasteiger partial charge on any atom is -0.446 e. The van der Waals surface area contributed by atoms with Crippen molar-refractivity contribution in [3.63, 3.8) is 0 Å². The number of halogens is 4. The van der Waals surface area contributed by atoms with Gasteiger partial charge in [-0.15, -0.1) is 0 Å². The molecular weight excluding hydrogens is 332 g/mol. The third-order valence-corrected chi connectivity index (χ3v) is 3.54. The van der Waals surface area contributed by atoms with E-state index in [1.807, 2.05) is 0 Å². The third-order valence-electron chi connectivity index (χ3n) is 3.54. The SMILES string of the molecule is CC(C)OC(=O)N1c2cc(C(F)(F)F)c(F)cc2C(=NO)CC1C. The minimum absolute atomic E-state index is 0.00118. The number of anilines is 1. The number of oxime groups is 1. The van der Waals surface area contributed by atoms with Crippen LogP contribution >= 0.6 is 0 Å². The fraction of sp³-hybridized carbons (Fsp3) is 0.467. The molecule has 1 heterocycles. The van der Waals surface area contributed by atoms with Gasteiger partial charge in [-0.2, -0.15) is 13.2 Å². The molecule has 9 heteroatoms. The molecule has 0 radical (unpaired) electrons. The van der Waals surface area contributed by atoms with Gasteiger partial charge in [-0.1, -0.05) is 5.16 Å². The highest BCUT2D eigenvalue weighted by Gasteiger charge is 2.40. The lowest BCUT2D eigenvalue weighted by Gasteiger charge is -2.35. The standard InChI is InChI=1S/C15H16F4N2O3/c1-7(2)24-14(22)21-8(3)4-12(20-23)9-5-11(16)10(6-13(9)21)15(17,18)19/h5-8,23H,4H2,1-3H3. The molecule has 0 spiro atoms. The van der Waals surface area contributed by atoms with Gasteiger partial charge in [0.05, 0.1) is 23.1 Å². The van der Waals surface area contributed by atoms with Gasteiger partial charge in [0, 0.05) is 18.0 Å². The summed E-state index contributed by atoms with van der Waals surface area (Å²) in [7, 11) is 0. The molecule has 0 saturated heterocycles. The lowest BCUT2D eigenvalue weighted by molar-refractivity contribution is -0.139. The normalized spacial score (nSPS) is 19.6. The molecule has 1 amide bonds. The van der Waals surface area contributed by atoms with E-state index >= 15 is 0 Å². The van der Waals surface area contributed by atoms with Crippen LogP contribution in [0.25, 0.3) is 0 Å². The average Bonchev–Trinajstić information content (AvgIpc) is 2.44. The molecule has 1 atom stereocenters. The monoisotopic (exact) mass is 348 g/mol. The van der Waals surface area contributed by atoms with E-state index in [1.165, 1.54) is 0 Å². The van der Waals surface area contributed by atoms with Crippen LogP contribution < -0.4 is 4.90 Å². The van der Waals surface area contributed by atoms with E-state index in [4.69, 9.17) is 9.94 Å². The van der Waals surface area contributed by atoms with Gasteiger partial charge in [0.2, 0.25) is 0 Å². The lowest BCUT2D eigenvalue weighted by atomic mass is 9.93. The molecular formula is C15H16F4N2O3. The number of carbonyl (C=O) groups is 1. The molecule has 0 fully saturated rings. The first-order valence-corrected chi connectivity index (χ1v) is 7.18.